The molecule has 56 heavy (non-hydrogen) atoms. The third-order valence-corrected chi connectivity index (χ3v) is 11.4. The molecule has 12 rings (SSSR count). The summed E-state index contributed by atoms with van der Waals surface area (Å²) >= 11 is 0. The largest absolute Gasteiger partial charge is 0.460 e. The minimum absolute atomic E-state index is 0.582. The number of aromatic nitrogens is 3. The number of aryl methyl sites for hydroxylation is 1. The van der Waals surface area contributed by atoms with E-state index in [1.54, 1.807) is 0 Å². The molecule has 0 N–H and O–H groups in total. The number of allylic oxidation sites excluding steroid dienone is 1. The van der Waals surface area contributed by atoms with Crippen molar-refractivity contribution in [2.75, 3.05) is 0 Å². The first-order valence-electron chi connectivity index (χ1n) is 19.1. The van der Waals surface area contributed by atoms with E-state index in [2.05, 4.69) is 121 Å². The number of fused-ring (bicyclic) bond motifs is 12. The van der Waals surface area contributed by atoms with Gasteiger partial charge < -0.3 is 8.83 Å². The summed E-state index contributed by atoms with van der Waals surface area (Å²) in [5.74, 6) is 2.80. The Balaban J connectivity index is 1.04. The van der Waals surface area contributed by atoms with Crippen molar-refractivity contribution in [2.45, 2.75) is 12.8 Å². The fourth-order valence-corrected chi connectivity index (χ4v) is 8.71. The Morgan fingerprint density at radius 1 is 0.393 bits per heavy atom. The molecular formula is C51H31N3O2. The van der Waals surface area contributed by atoms with Gasteiger partial charge in [-0.1, -0.05) is 127 Å². The van der Waals surface area contributed by atoms with E-state index in [1.165, 1.54) is 37.9 Å². The predicted octanol–water partition coefficient (Wildman–Crippen LogP) is 13.6. The van der Waals surface area contributed by atoms with Gasteiger partial charge in [-0.3, -0.25) is 0 Å². The van der Waals surface area contributed by atoms with Crippen molar-refractivity contribution in [1.82, 2.24) is 15.0 Å². The summed E-state index contributed by atoms with van der Waals surface area (Å²) < 4.78 is 12.9. The Morgan fingerprint density at radius 3 is 1.80 bits per heavy atom. The van der Waals surface area contributed by atoms with Crippen molar-refractivity contribution in [2.24, 2.45) is 0 Å². The van der Waals surface area contributed by atoms with Gasteiger partial charge in [0.15, 0.2) is 17.5 Å². The second kappa shape index (κ2) is 12.1. The van der Waals surface area contributed by atoms with E-state index in [9.17, 15) is 0 Å². The van der Waals surface area contributed by atoms with Gasteiger partial charge in [-0.25, -0.2) is 15.0 Å². The van der Waals surface area contributed by atoms with Crippen LogP contribution < -0.4 is 0 Å². The molecule has 0 spiro atoms. The van der Waals surface area contributed by atoms with Crippen LogP contribution in [0.4, 0.5) is 0 Å². The van der Waals surface area contributed by atoms with Crippen LogP contribution in [-0.2, 0) is 6.42 Å². The number of rotatable bonds is 4. The maximum atomic E-state index is 6.51. The molecule has 3 heterocycles. The van der Waals surface area contributed by atoms with Gasteiger partial charge in [0.25, 0.3) is 0 Å². The Bertz CT molecular complexity index is 3390. The average molecular weight is 718 g/mol. The van der Waals surface area contributed by atoms with Crippen LogP contribution in [0.5, 0.6) is 0 Å². The third-order valence-electron chi connectivity index (χ3n) is 11.4. The summed E-state index contributed by atoms with van der Waals surface area (Å²) in [6.45, 7) is 0. The van der Waals surface area contributed by atoms with E-state index in [0.717, 1.165) is 79.3 Å². The lowest BCUT2D eigenvalue weighted by Crippen LogP contribution is -2.00. The summed E-state index contributed by atoms with van der Waals surface area (Å²) in [7, 11) is 0. The van der Waals surface area contributed by atoms with Crippen molar-refractivity contribution in [1.29, 1.82) is 0 Å². The molecule has 5 nitrogen and oxygen atoms in total. The molecule has 5 heteroatoms. The molecular weight excluding hydrogens is 687 g/mol. The van der Waals surface area contributed by atoms with Gasteiger partial charge in [-0.2, -0.15) is 0 Å². The standard InChI is InChI=1S/C51H31N3O2/c1-2-11-30(12-3-1)49-52-50(33-22-25-40-39-17-8-9-19-44(39)56-47(40)29-33)54-51(53-49)41-18-10-20-46-48(41)43-28-32(23-26-45(43)55-46)31-21-24-38-36-15-5-4-13-34(36)35-14-6-7-16-37(35)42(38)27-31/h1-8,10-18,20-29H,9,19H2. The van der Waals surface area contributed by atoms with E-state index in [4.69, 9.17) is 23.8 Å². The van der Waals surface area contributed by atoms with E-state index in [-0.39, 0.29) is 0 Å². The van der Waals surface area contributed by atoms with Crippen LogP contribution in [0.15, 0.2) is 167 Å². The molecule has 11 aromatic rings. The summed E-state index contributed by atoms with van der Waals surface area (Å²) in [6, 6.07) is 53.2. The van der Waals surface area contributed by atoms with Gasteiger partial charge in [-0.15, -0.1) is 0 Å². The second-order valence-corrected chi connectivity index (χ2v) is 14.6. The highest BCUT2D eigenvalue weighted by Crippen LogP contribution is 2.41. The van der Waals surface area contributed by atoms with Crippen LogP contribution in [0.1, 0.15) is 17.7 Å². The molecule has 3 aromatic heterocycles. The fraction of sp³-hybridized carbons (Fsp3) is 0.0392. The maximum Gasteiger partial charge on any atom is 0.164 e. The summed E-state index contributed by atoms with van der Waals surface area (Å²) in [6.07, 6.45) is 6.28. The number of furan rings is 2. The van der Waals surface area contributed by atoms with Crippen LogP contribution in [0.25, 0.3) is 117 Å². The van der Waals surface area contributed by atoms with Crippen molar-refractivity contribution in [3.05, 3.63) is 169 Å². The molecule has 1 aliphatic rings. The molecule has 1 aliphatic carbocycles. The number of benzene rings is 8. The second-order valence-electron chi connectivity index (χ2n) is 14.6. The minimum atomic E-state index is 0.582. The monoisotopic (exact) mass is 717 g/mol. The number of hydrogen-bond donors (Lipinski definition) is 0. The van der Waals surface area contributed by atoms with Gasteiger partial charge >= 0.3 is 0 Å². The Kier molecular flexibility index (Phi) is 6.69. The van der Waals surface area contributed by atoms with Crippen molar-refractivity contribution in [3.63, 3.8) is 0 Å². The molecule has 262 valence electrons. The SMILES string of the molecule is C1=Cc2c(oc3cc(-c4nc(-c5ccccc5)nc(-c5cccc6oc7ccc(-c8ccc9c%10ccccc%10c%10ccccc%10c9c8)cc7c56)n4)ccc23)CC1. The third kappa shape index (κ3) is 4.77. The lowest BCUT2D eigenvalue weighted by Gasteiger charge is -2.12. The van der Waals surface area contributed by atoms with Gasteiger partial charge in [0.2, 0.25) is 0 Å². The van der Waals surface area contributed by atoms with Crippen LogP contribution in [0.2, 0.25) is 0 Å². The quantitative estimate of drug-likeness (QED) is 0.170. The van der Waals surface area contributed by atoms with Crippen LogP contribution >= 0.6 is 0 Å². The Labute approximate surface area is 321 Å². The smallest absolute Gasteiger partial charge is 0.164 e. The molecule has 0 radical (unpaired) electrons. The zero-order valence-corrected chi connectivity index (χ0v) is 30.2. The summed E-state index contributed by atoms with van der Waals surface area (Å²) in [5, 5.41) is 10.6. The molecule has 0 saturated carbocycles. The minimum Gasteiger partial charge on any atom is -0.460 e. The van der Waals surface area contributed by atoms with Gasteiger partial charge in [0.1, 0.15) is 22.5 Å². The topological polar surface area (TPSA) is 65.0 Å². The number of hydrogen-bond acceptors (Lipinski definition) is 5. The van der Waals surface area contributed by atoms with E-state index < -0.39 is 0 Å². The van der Waals surface area contributed by atoms with E-state index in [1.807, 2.05) is 42.5 Å². The molecule has 0 amide bonds. The number of nitrogens with zero attached hydrogens (tertiary/aromatic N) is 3. The summed E-state index contributed by atoms with van der Waals surface area (Å²) in [4.78, 5) is 15.3. The first kappa shape index (κ1) is 31.0. The first-order chi connectivity index (χ1) is 27.7. The van der Waals surface area contributed by atoms with E-state index in [0.29, 0.717) is 17.5 Å². The van der Waals surface area contributed by atoms with Gasteiger partial charge in [0, 0.05) is 44.8 Å². The van der Waals surface area contributed by atoms with Crippen LogP contribution in [0, 0.1) is 0 Å². The zero-order chi connectivity index (χ0) is 36.7. The maximum absolute atomic E-state index is 6.51. The van der Waals surface area contributed by atoms with Crippen molar-refractivity contribution < 1.29 is 8.83 Å². The highest BCUT2D eigenvalue weighted by Gasteiger charge is 2.20. The van der Waals surface area contributed by atoms with E-state index >= 15 is 0 Å². The van der Waals surface area contributed by atoms with Crippen molar-refractivity contribution in [3.8, 4) is 45.3 Å². The summed E-state index contributed by atoms with van der Waals surface area (Å²) in [5.41, 5.74) is 8.53. The molecule has 0 fully saturated rings. The molecule has 0 saturated heterocycles. The lowest BCUT2D eigenvalue weighted by atomic mass is 9.92. The van der Waals surface area contributed by atoms with Gasteiger partial charge in [-0.05, 0) is 86.3 Å². The predicted molar refractivity (Wildman–Crippen MR) is 228 cm³/mol. The lowest BCUT2D eigenvalue weighted by molar-refractivity contribution is 0.546. The molecule has 0 bridgehead atoms. The zero-order valence-electron chi connectivity index (χ0n) is 30.2. The molecule has 0 unspecified atom stereocenters. The molecule has 0 atom stereocenters. The first-order valence-corrected chi connectivity index (χ1v) is 19.1. The molecule has 0 aliphatic heterocycles. The Hall–Kier alpha value is -7.37. The van der Waals surface area contributed by atoms with Gasteiger partial charge in [0.05, 0.1) is 0 Å². The van der Waals surface area contributed by atoms with Crippen LogP contribution in [-0.4, -0.2) is 15.0 Å². The normalized spacial score (nSPS) is 12.8. The highest BCUT2D eigenvalue weighted by atomic mass is 16.3. The average Bonchev–Trinajstić information content (AvgIpc) is 3.84. The van der Waals surface area contributed by atoms with Crippen LogP contribution in [0.3, 0.4) is 0 Å². The Morgan fingerprint density at radius 2 is 1.02 bits per heavy atom. The highest BCUT2D eigenvalue weighted by molar-refractivity contribution is 6.26. The van der Waals surface area contributed by atoms with Crippen molar-refractivity contribution >= 4 is 71.3 Å². The molecule has 8 aromatic carbocycles. The fourth-order valence-electron chi connectivity index (χ4n) is 8.71.